The number of carbonyl (C=O) groups excluding carboxylic acids is 1. The molecule has 0 N–H and O–H groups in total. The number of amides is 1. The van der Waals surface area contributed by atoms with E-state index in [0.717, 1.165) is 28.0 Å². The van der Waals surface area contributed by atoms with Gasteiger partial charge in [0, 0.05) is 36.8 Å². The summed E-state index contributed by atoms with van der Waals surface area (Å²) in [6, 6.07) is 24.0. The Morgan fingerprint density at radius 1 is 0.943 bits per heavy atom. The molecule has 1 aliphatic heterocycles. The van der Waals surface area contributed by atoms with E-state index in [1.807, 2.05) is 48.2 Å². The van der Waals surface area contributed by atoms with E-state index in [1.165, 1.54) is 5.39 Å². The van der Waals surface area contributed by atoms with Crippen molar-refractivity contribution in [3.05, 3.63) is 83.4 Å². The summed E-state index contributed by atoms with van der Waals surface area (Å²) < 4.78 is 5.88. The third-order valence-electron chi connectivity index (χ3n) is 6.42. The second-order valence-electron chi connectivity index (χ2n) is 8.79. The summed E-state index contributed by atoms with van der Waals surface area (Å²) in [5, 5.41) is 12.0. The first-order chi connectivity index (χ1) is 17.0. The van der Waals surface area contributed by atoms with Gasteiger partial charge in [-0.3, -0.25) is 4.79 Å². The van der Waals surface area contributed by atoms with Gasteiger partial charge in [-0.25, -0.2) is 0 Å². The Bertz CT molecular complexity index is 1350. The maximum atomic E-state index is 12.9. The summed E-state index contributed by atoms with van der Waals surface area (Å²) in [5.41, 5.74) is 2.84. The molecule has 1 aliphatic rings. The fourth-order valence-corrected chi connectivity index (χ4v) is 4.56. The molecular formula is C28H27ClN4O2. The van der Waals surface area contributed by atoms with Crippen LogP contribution >= 0.6 is 11.6 Å². The molecular weight excluding hydrogens is 460 g/mol. The number of hydrogen-bond donors (Lipinski definition) is 0. The molecule has 0 spiro atoms. The van der Waals surface area contributed by atoms with Crippen molar-refractivity contribution < 1.29 is 9.53 Å². The second-order valence-corrected chi connectivity index (χ2v) is 9.19. The van der Waals surface area contributed by atoms with Crippen LogP contribution in [0.3, 0.4) is 0 Å². The van der Waals surface area contributed by atoms with E-state index in [-0.39, 0.29) is 5.91 Å². The van der Waals surface area contributed by atoms with Crippen LogP contribution in [-0.4, -0.2) is 53.3 Å². The number of nitrogens with zero attached hydrogens (tertiary/aromatic N) is 4. The summed E-state index contributed by atoms with van der Waals surface area (Å²) in [6.45, 7) is 6.31. The molecule has 7 heteroatoms. The summed E-state index contributed by atoms with van der Waals surface area (Å²) in [5.74, 6) is 1.45. The molecule has 0 saturated carbocycles. The highest BCUT2D eigenvalue weighted by Crippen LogP contribution is 2.28. The number of halogens is 1. The molecule has 6 nitrogen and oxygen atoms in total. The van der Waals surface area contributed by atoms with Gasteiger partial charge in [0.15, 0.2) is 11.9 Å². The zero-order chi connectivity index (χ0) is 24.4. The lowest BCUT2D eigenvalue weighted by molar-refractivity contribution is -0.138. The third-order valence-corrected chi connectivity index (χ3v) is 6.85. The zero-order valence-corrected chi connectivity index (χ0v) is 20.6. The smallest absolute Gasteiger partial charge is 0.263 e. The number of carbonyl (C=O) groups is 1. The van der Waals surface area contributed by atoms with E-state index in [1.54, 1.807) is 19.1 Å². The number of aryl methyl sites for hydroxylation is 1. The lowest BCUT2D eigenvalue weighted by Crippen LogP contribution is -2.52. The number of aromatic nitrogens is 2. The van der Waals surface area contributed by atoms with Crippen molar-refractivity contribution in [2.75, 3.05) is 31.1 Å². The van der Waals surface area contributed by atoms with Crippen molar-refractivity contribution in [2.45, 2.75) is 20.0 Å². The highest BCUT2D eigenvalue weighted by molar-refractivity contribution is 6.31. The quantitative estimate of drug-likeness (QED) is 0.379. The summed E-state index contributed by atoms with van der Waals surface area (Å²) in [7, 11) is 0. The lowest BCUT2D eigenvalue weighted by Gasteiger charge is -2.36. The molecule has 1 atom stereocenters. The Balaban J connectivity index is 1.21. The molecule has 35 heavy (non-hydrogen) atoms. The first-order valence-corrected chi connectivity index (χ1v) is 12.2. The largest absolute Gasteiger partial charge is 0.481 e. The number of benzene rings is 3. The lowest BCUT2D eigenvalue weighted by atomic mass is 10.0. The van der Waals surface area contributed by atoms with Crippen molar-refractivity contribution in [3.8, 4) is 17.0 Å². The van der Waals surface area contributed by atoms with Gasteiger partial charge in [0.25, 0.3) is 5.91 Å². The number of ether oxygens (including phenoxy) is 1. The molecule has 0 bridgehead atoms. The number of anilines is 1. The van der Waals surface area contributed by atoms with Crippen molar-refractivity contribution in [3.63, 3.8) is 0 Å². The predicted octanol–water partition coefficient (Wildman–Crippen LogP) is 5.37. The van der Waals surface area contributed by atoms with Crippen LogP contribution < -0.4 is 9.64 Å². The first kappa shape index (κ1) is 23.1. The number of rotatable bonds is 5. The molecule has 5 rings (SSSR count). The average molecular weight is 487 g/mol. The van der Waals surface area contributed by atoms with Crippen LogP contribution in [0.4, 0.5) is 5.82 Å². The standard InChI is InChI=1S/C28H27ClN4O2/c1-19-18-22(10-11-25(19)29)35-20(2)28(34)33-16-14-32(15-17-33)27-13-12-26(30-31-27)24-9-5-7-21-6-3-4-8-23(21)24/h3-13,18,20H,14-17H2,1-2H3. The molecule has 4 aromatic rings. The molecule has 0 radical (unpaired) electrons. The van der Waals surface area contributed by atoms with E-state index in [2.05, 4.69) is 39.4 Å². The van der Waals surface area contributed by atoms with Crippen molar-refractivity contribution in [1.82, 2.24) is 15.1 Å². The number of hydrogen-bond acceptors (Lipinski definition) is 5. The van der Waals surface area contributed by atoms with E-state index < -0.39 is 6.10 Å². The molecule has 2 heterocycles. The normalized spacial score (nSPS) is 14.7. The van der Waals surface area contributed by atoms with Gasteiger partial charge in [-0.15, -0.1) is 10.2 Å². The van der Waals surface area contributed by atoms with Gasteiger partial charge in [0.05, 0.1) is 5.69 Å². The monoisotopic (exact) mass is 486 g/mol. The van der Waals surface area contributed by atoms with Crippen molar-refractivity contribution >= 4 is 34.1 Å². The van der Waals surface area contributed by atoms with E-state index in [4.69, 9.17) is 16.3 Å². The maximum absolute atomic E-state index is 12.9. The van der Waals surface area contributed by atoms with Crippen LogP contribution in [-0.2, 0) is 4.79 Å². The Hall–Kier alpha value is -3.64. The second kappa shape index (κ2) is 9.92. The van der Waals surface area contributed by atoms with Gasteiger partial charge in [-0.1, -0.05) is 54.1 Å². The third kappa shape index (κ3) is 4.93. The van der Waals surface area contributed by atoms with Gasteiger partial charge in [0.1, 0.15) is 5.75 Å². The SMILES string of the molecule is Cc1cc(OC(C)C(=O)N2CCN(c3ccc(-c4cccc5ccccc45)nn3)CC2)ccc1Cl. The molecule has 178 valence electrons. The minimum absolute atomic E-state index is 0.0189. The van der Waals surface area contributed by atoms with Crippen molar-refractivity contribution in [1.29, 1.82) is 0 Å². The van der Waals surface area contributed by atoms with Gasteiger partial charge in [-0.05, 0) is 60.5 Å². The molecule has 1 amide bonds. The van der Waals surface area contributed by atoms with Crippen LogP contribution in [0.2, 0.25) is 5.02 Å². The Morgan fingerprint density at radius 3 is 2.46 bits per heavy atom. The van der Waals surface area contributed by atoms with Gasteiger partial charge >= 0.3 is 0 Å². The highest BCUT2D eigenvalue weighted by atomic mass is 35.5. The number of piperazine rings is 1. The fourth-order valence-electron chi connectivity index (χ4n) is 4.44. The Labute approximate surface area is 210 Å². The molecule has 1 fully saturated rings. The van der Waals surface area contributed by atoms with Gasteiger partial charge in [-0.2, -0.15) is 0 Å². The molecule has 1 aromatic heterocycles. The van der Waals surface area contributed by atoms with Crippen LogP contribution in [0.5, 0.6) is 5.75 Å². The summed E-state index contributed by atoms with van der Waals surface area (Å²) in [4.78, 5) is 16.9. The molecule has 3 aromatic carbocycles. The van der Waals surface area contributed by atoms with Crippen LogP contribution in [0.25, 0.3) is 22.0 Å². The zero-order valence-electron chi connectivity index (χ0n) is 19.8. The topological polar surface area (TPSA) is 58.6 Å². The molecule has 0 aliphatic carbocycles. The van der Waals surface area contributed by atoms with Gasteiger partial charge in [0.2, 0.25) is 0 Å². The Kier molecular flexibility index (Phi) is 6.55. The average Bonchev–Trinajstić information content (AvgIpc) is 2.90. The molecule has 1 unspecified atom stereocenters. The van der Waals surface area contributed by atoms with E-state index in [0.29, 0.717) is 37.0 Å². The van der Waals surface area contributed by atoms with Gasteiger partial charge < -0.3 is 14.5 Å². The molecule has 1 saturated heterocycles. The van der Waals surface area contributed by atoms with E-state index in [9.17, 15) is 4.79 Å². The minimum Gasteiger partial charge on any atom is -0.481 e. The van der Waals surface area contributed by atoms with Crippen LogP contribution in [0, 0.1) is 6.92 Å². The van der Waals surface area contributed by atoms with Crippen LogP contribution in [0.15, 0.2) is 72.8 Å². The van der Waals surface area contributed by atoms with Crippen molar-refractivity contribution in [2.24, 2.45) is 0 Å². The maximum Gasteiger partial charge on any atom is 0.263 e. The Morgan fingerprint density at radius 2 is 1.71 bits per heavy atom. The predicted molar refractivity (Wildman–Crippen MR) is 140 cm³/mol. The first-order valence-electron chi connectivity index (χ1n) is 11.8. The number of fused-ring (bicyclic) bond motifs is 1. The highest BCUT2D eigenvalue weighted by Gasteiger charge is 2.27. The van der Waals surface area contributed by atoms with Crippen LogP contribution in [0.1, 0.15) is 12.5 Å². The summed E-state index contributed by atoms with van der Waals surface area (Å²) >= 11 is 6.08. The minimum atomic E-state index is -0.568. The van der Waals surface area contributed by atoms with E-state index >= 15 is 0 Å². The summed E-state index contributed by atoms with van der Waals surface area (Å²) in [6.07, 6.45) is -0.568. The fraction of sp³-hybridized carbons (Fsp3) is 0.250.